The summed E-state index contributed by atoms with van der Waals surface area (Å²) in [6, 6.07) is 5.57. The second-order valence-electron chi connectivity index (χ2n) is 4.24. The van der Waals surface area contributed by atoms with Crippen LogP contribution < -0.4 is 10.5 Å². The SMILES string of the molecule is CCC(C)CC(N)c1cc(Cl)ccc1OC. The molecule has 0 saturated carbocycles. The van der Waals surface area contributed by atoms with Gasteiger partial charge in [0.2, 0.25) is 0 Å². The first kappa shape index (κ1) is 13.3. The minimum absolute atomic E-state index is 0.0106. The van der Waals surface area contributed by atoms with Gasteiger partial charge in [-0.15, -0.1) is 0 Å². The monoisotopic (exact) mass is 241 g/mol. The zero-order valence-corrected chi connectivity index (χ0v) is 10.9. The van der Waals surface area contributed by atoms with Gasteiger partial charge < -0.3 is 10.5 Å². The van der Waals surface area contributed by atoms with Gasteiger partial charge in [-0.2, -0.15) is 0 Å². The van der Waals surface area contributed by atoms with Crippen LogP contribution in [-0.4, -0.2) is 7.11 Å². The van der Waals surface area contributed by atoms with E-state index in [-0.39, 0.29) is 6.04 Å². The van der Waals surface area contributed by atoms with Crippen LogP contribution in [0.25, 0.3) is 0 Å². The molecule has 1 rings (SSSR count). The Morgan fingerprint density at radius 2 is 2.12 bits per heavy atom. The van der Waals surface area contributed by atoms with E-state index in [1.165, 1.54) is 0 Å². The first-order chi connectivity index (χ1) is 7.58. The molecule has 3 heteroatoms. The molecular weight excluding hydrogens is 222 g/mol. The van der Waals surface area contributed by atoms with Crippen molar-refractivity contribution in [2.75, 3.05) is 7.11 Å². The summed E-state index contributed by atoms with van der Waals surface area (Å²) >= 11 is 5.98. The van der Waals surface area contributed by atoms with E-state index in [9.17, 15) is 0 Å². The number of ether oxygens (including phenoxy) is 1. The van der Waals surface area contributed by atoms with Crippen molar-refractivity contribution in [1.82, 2.24) is 0 Å². The largest absolute Gasteiger partial charge is 0.496 e. The fraction of sp³-hybridized carbons (Fsp3) is 0.538. The third kappa shape index (κ3) is 3.39. The lowest BCUT2D eigenvalue weighted by molar-refractivity contribution is 0.395. The second kappa shape index (κ2) is 6.12. The molecule has 0 aliphatic carbocycles. The predicted octanol–water partition coefficient (Wildman–Crippen LogP) is 3.78. The summed E-state index contributed by atoms with van der Waals surface area (Å²) in [7, 11) is 1.66. The molecule has 0 aliphatic rings. The van der Waals surface area contributed by atoms with Crippen LogP contribution in [0.15, 0.2) is 18.2 Å². The van der Waals surface area contributed by atoms with E-state index in [1.54, 1.807) is 7.11 Å². The highest BCUT2D eigenvalue weighted by Crippen LogP contribution is 2.30. The number of benzene rings is 1. The molecule has 2 unspecified atom stereocenters. The quantitative estimate of drug-likeness (QED) is 0.852. The van der Waals surface area contributed by atoms with Gasteiger partial charge in [0, 0.05) is 16.6 Å². The number of halogens is 1. The molecular formula is C13H20ClNO. The Bertz CT molecular complexity index is 341. The van der Waals surface area contributed by atoms with Crippen LogP contribution in [0.1, 0.15) is 38.3 Å². The number of hydrogen-bond acceptors (Lipinski definition) is 2. The van der Waals surface area contributed by atoms with Crippen LogP contribution in [0.5, 0.6) is 5.75 Å². The zero-order valence-electron chi connectivity index (χ0n) is 10.2. The Balaban J connectivity index is 2.88. The highest BCUT2D eigenvalue weighted by atomic mass is 35.5. The van der Waals surface area contributed by atoms with E-state index in [2.05, 4.69) is 13.8 Å². The third-order valence-electron chi connectivity index (χ3n) is 2.94. The van der Waals surface area contributed by atoms with E-state index < -0.39 is 0 Å². The van der Waals surface area contributed by atoms with Crippen molar-refractivity contribution < 1.29 is 4.74 Å². The Hall–Kier alpha value is -0.730. The van der Waals surface area contributed by atoms with Crippen molar-refractivity contribution in [3.05, 3.63) is 28.8 Å². The number of rotatable bonds is 5. The van der Waals surface area contributed by atoms with Crippen LogP contribution in [-0.2, 0) is 0 Å². The summed E-state index contributed by atoms with van der Waals surface area (Å²) in [5.41, 5.74) is 7.17. The Morgan fingerprint density at radius 1 is 1.44 bits per heavy atom. The Labute approximate surface area is 103 Å². The van der Waals surface area contributed by atoms with E-state index >= 15 is 0 Å². The topological polar surface area (TPSA) is 35.2 Å². The van der Waals surface area contributed by atoms with E-state index in [1.807, 2.05) is 18.2 Å². The molecule has 0 radical (unpaired) electrons. The van der Waals surface area contributed by atoms with Gasteiger partial charge in [-0.05, 0) is 30.5 Å². The maximum absolute atomic E-state index is 6.18. The normalized spacial score (nSPS) is 14.6. The van der Waals surface area contributed by atoms with Crippen LogP contribution in [0.3, 0.4) is 0 Å². The lowest BCUT2D eigenvalue weighted by Gasteiger charge is -2.19. The standard InChI is InChI=1S/C13H20ClNO/c1-4-9(2)7-12(15)11-8-10(14)5-6-13(11)16-3/h5-6,8-9,12H,4,7,15H2,1-3H3. The number of nitrogens with two attached hydrogens (primary N) is 1. The molecule has 0 aromatic heterocycles. The molecule has 0 fully saturated rings. The van der Waals surface area contributed by atoms with Gasteiger partial charge in [0.05, 0.1) is 7.11 Å². The van der Waals surface area contributed by atoms with Crippen molar-refractivity contribution in [3.63, 3.8) is 0 Å². The maximum Gasteiger partial charge on any atom is 0.123 e. The maximum atomic E-state index is 6.18. The molecule has 0 amide bonds. The van der Waals surface area contributed by atoms with Crippen LogP contribution in [0.2, 0.25) is 5.02 Å². The fourth-order valence-electron chi connectivity index (χ4n) is 1.72. The molecule has 0 saturated heterocycles. The summed E-state index contributed by atoms with van der Waals surface area (Å²) in [5, 5.41) is 0.704. The van der Waals surface area contributed by atoms with Gasteiger partial charge in [-0.3, -0.25) is 0 Å². The van der Waals surface area contributed by atoms with Crippen LogP contribution >= 0.6 is 11.6 Å². The van der Waals surface area contributed by atoms with E-state index in [0.717, 1.165) is 24.2 Å². The van der Waals surface area contributed by atoms with Gasteiger partial charge >= 0.3 is 0 Å². The molecule has 1 aromatic rings. The number of methoxy groups -OCH3 is 1. The van der Waals surface area contributed by atoms with Crippen molar-refractivity contribution >= 4 is 11.6 Å². The van der Waals surface area contributed by atoms with E-state index in [4.69, 9.17) is 22.1 Å². The van der Waals surface area contributed by atoms with Crippen LogP contribution in [0.4, 0.5) is 0 Å². The lowest BCUT2D eigenvalue weighted by Crippen LogP contribution is -2.14. The minimum atomic E-state index is -0.0106. The highest BCUT2D eigenvalue weighted by molar-refractivity contribution is 6.30. The van der Waals surface area contributed by atoms with Crippen molar-refractivity contribution in [3.8, 4) is 5.75 Å². The highest BCUT2D eigenvalue weighted by Gasteiger charge is 2.14. The molecule has 0 aliphatic heterocycles. The molecule has 2 atom stereocenters. The van der Waals surface area contributed by atoms with Crippen molar-refractivity contribution in [2.45, 2.75) is 32.7 Å². The number of hydrogen-bond donors (Lipinski definition) is 1. The Morgan fingerprint density at radius 3 is 2.69 bits per heavy atom. The Kier molecular flexibility index (Phi) is 5.10. The van der Waals surface area contributed by atoms with Crippen LogP contribution in [0, 0.1) is 5.92 Å². The molecule has 0 bridgehead atoms. The molecule has 2 N–H and O–H groups in total. The molecule has 90 valence electrons. The first-order valence-corrected chi connectivity index (χ1v) is 6.05. The van der Waals surface area contributed by atoms with E-state index in [0.29, 0.717) is 10.9 Å². The summed E-state index contributed by atoms with van der Waals surface area (Å²) in [5.74, 6) is 1.43. The van der Waals surface area contributed by atoms with Crippen molar-refractivity contribution in [1.29, 1.82) is 0 Å². The molecule has 1 aromatic carbocycles. The third-order valence-corrected chi connectivity index (χ3v) is 3.18. The molecule has 0 spiro atoms. The minimum Gasteiger partial charge on any atom is -0.496 e. The second-order valence-corrected chi connectivity index (χ2v) is 4.68. The van der Waals surface area contributed by atoms with Gasteiger partial charge in [0.1, 0.15) is 5.75 Å². The summed E-state index contributed by atoms with van der Waals surface area (Å²) in [6.45, 7) is 4.38. The molecule has 16 heavy (non-hydrogen) atoms. The van der Waals surface area contributed by atoms with Gasteiger partial charge in [-0.1, -0.05) is 31.9 Å². The molecule has 2 nitrogen and oxygen atoms in total. The molecule has 0 heterocycles. The van der Waals surface area contributed by atoms with Crippen molar-refractivity contribution in [2.24, 2.45) is 11.7 Å². The smallest absolute Gasteiger partial charge is 0.123 e. The van der Waals surface area contributed by atoms with Gasteiger partial charge in [0.15, 0.2) is 0 Å². The van der Waals surface area contributed by atoms with Gasteiger partial charge in [-0.25, -0.2) is 0 Å². The fourth-order valence-corrected chi connectivity index (χ4v) is 1.90. The van der Waals surface area contributed by atoms with Gasteiger partial charge in [0.25, 0.3) is 0 Å². The zero-order chi connectivity index (χ0) is 12.1. The summed E-state index contributed by atoms with van der Waals surface area (Å²) in [6.07, 6.45) is 2.09. The summed E-state index contributed by atoms with van der Waals surface area (Å²) in [4.78, 5) is 0. The first-order valence-electron chi connectivity index (χ1n) is 5.67. The lowest BCUT2D eigenvalue weighted by atomic mass is 9.94. The predicted molar refractivity (Wildman–Crippen MR) is 69.0 cm³/mol. The summed E-state index contributed by atoms with van der Waals surface area (Å²) < 4.78 is 5.30. The average Bonchev–Trinajstić information content (AvgIpc) is 2.28. The average molecular weight is 242 g/mol.